The largest absolute Gasteiger partial charge is 0.419 e. The first kappa shape index (κ1) is 14.6. The summed E-state index contributed by atoms with van der Waals surface area (Å²) in [5.41, 5.74) is -0.937. The van der Waals surface area contributed by atoms with Gasteiger partial charge in [0.2, 0.25) is 0 Å². The van der Waals surface area contributed by atoms with Crippen molar-refractivity contribution in [2.75, 3.05) is 11.4 Å². The van der Waals surface area contributed by atoms with Crippen molar-refractivity contribution in [3.8, 4) is 0 Å². The highest BCUT2D eigenvalue weighted by atomic mass is 19.4. The molecule has 3 rings (SSSR count). The average molecular weight is 313 g/mol. The number of anilines is 1. The second kappa shape index (κ2) is 4.82. The normalized spacial score (nSPS) is 18.5. The topological polar surface area (TPSA) is 38.1 Å². The highest BCUT2D eigenvalue weighted by Crippen LogP contribution is 2.34. The van der Waals surface area contributed by atoms with Crippen LogP contribution < -0.4 is 4.90 Å². The minimum absolute atomic E-state index is 0.0924. The minimum atomic E-state index is -4.76. The van der Waals surface area contributed by atoms with Crippen LogP contribution in [0.2, 0.25) is 0 Å². The van der Waals surface area contributed by atoms with E-state index in [-0.39, 0.29) is 18.3 Å². The first-order valence-electron chi connectivity index (χ1n) is 6.51. The molecule has 0 N–H and O–H groups in total. The number of amides is 1. The molecule has 0 spiro atoms. The number of carbonyl (C=O) groups excluding carboxylic acids is 1. The van der Waals surface area contributed by atoms with Crippen molar-refractivity contribution in [1.29, 1.82) is 0 Å². The van der Waals surface area contributed by atoms with Crippen molar-refractivity contribution >= 4 is 11.6 Å². The van der Waals surface area contributed by atoms with E-state index >= 15 is 0 Å². The average Bonchev–Trinajstić information content (AvgIpc) is 2.91. The number of fused-ring (bicyclic) bond motifs is 1. The molecule has 116 valence electrons. The maximum absolute atomic E-state index is 13.7. The Morgan fingerprint density at radius 1 is 1.27 bits per heavy atom. The molecule has 1 aliphatic rings. The zero-order valence-electron chi connectivity index (χ0n) is 11.4. The predicted octanol–water partition coefficient (Wildman–Crippen LogP) is 3.26. The summed E-state index contributed by atoms with van der Waals surface area (Å²) in [4.78, 5) is 13.6. The third-order valence-corrected chi connectivity index (χ3v) is 3.57. The second-order valence-electron chi connectivity index (χ2n) is 5.09. The van der Waals surface area contributed by atoms with Gasteiger partial charge in [0.05, 0.1) is 11.6 Å². The first-order valence-corrected chi connectivity index (χ1v) is 6.51. The Hall–Kier alpha value is -2.38. The molecule has 1 aromatic heterocycles. The van der Waals surface area contributed by atoms with Gasteiger partial charge in [-0.3, -0.25) is 9.48 Å². The summed E-state index contributed by atoms with van der Waals surface area (Å²) in [5.74, 6) is -1.82. The van der Waals surface area contributed by atoms with E-state index in [1.165, 1.54) is 17.2 Å². The lowest BCUT2D eigenvalue weighted by Gasteiger charge is -2.32. The van der Waals surface area contributed by atoms with Crippen molar-refractivity contribution in [2.45, 2.75) is 19.1 Å². The monoisotopic (exact) mass is 313 g/mol. The van der Waals surface area contributed by atoms with Crippen LogP contribution in [-0.4, -0.2) is 22.2 Å². The highest BCUT2D eigenvalue weighted by Gasteiger charge is 2.35. The van der Waals surface area contributed by atoms with E-state index in [9.17, 15) is 22.4 Å². The third kappa shape index (κ3) is 2.24. The summed E-state index contributed by atoms with van der Waals surface area (Å²) in [6, 6.07) is 3.84. The molecule has 2 aromatic rings. The number of hydrogen-bond acceptors (Lipinski definition) is 2. The van der Waals surface area contributed by atoms with Gasteiger partial charge in [0, 0.05) is 18.4 Å². The van der Waals surface area contributed by atoms with E-state index in [4.69, 9.17) is 0 Å². The summed E-state index contributed by atoms with van der Waals surface area (Å²) < 4.78 is 53.0. The Labute approximate surface area is 122 Å². The Bertz CT molecular complexity index is 738. The third-order valence-electron chi connectivity index (χ3n) is 3.57. The van der Waals surface area contributed by atoms with E-state index in [0.717, 1.165) is 12.1 Å². The molecule has 0 fully saturated rings. The Morgan fingerprint density at radius 2 is 2.00 bits per heavy atom. The molecule has 0 saturated carbocycles. The fourth-order valence-electron chi connectivity index (χ4n) is 2.52. The standard InChI is InChI=1S/C14H11F4N3O/c1-8-7-20(13(22)12-4-5-19-21(8)12)9-2-3-10(11(15)6-9)14(16,17)18/h2-6,8H,7H2,1H3. The molecular formula is C14H11F4N3O. The van der Waals surface area contributed by atoms with Gasteiger partial charge in [0.1, 0.15) is 11.5 Å². The van der Waals surface area contributed by atoms with Gasteiger partial charge in [0.25, 0.3) is 5.91 Å². The summed E-state index contributed by atoms with van der Waals surface area (Å²) in [6.07, 6.45) is -3.29. The zero-order chi connectivity index (χ0) is 16.1. The lowest BCUT2D eigenvalue weighted by atomic mass is 10.1. The fourth-order valence-corrected chi connectivity index (χ4v) is 2.52. The van der Waals surface area contributed by atoms with E-state index in [2.05, 4.69) is 5.10 Å². The van der Waals surface area contributed by atoms with Crippen molar-refractivity contribution in [3.05, 3.63) is 47.5 Å². The lowest BCUT2D eigenvalue weighted by Crippen LogP contribution is -2.42. The Balaban J connectivity index is 1.99. The van der Waals surface area contributed by atoms with Crippen LogP contribution in [0, 0.1) is 5.82 Å². The van der Waals surface area contributed by atoms with Gasteiger partial charge in [-0.05, 0) is 31.2 Å². The van der Waals surface area contributed by atoms with Gasteiger partial charge in [0.15, 0.2) is 0 Å². The van der Waals surface area contributed by atoms with Crippen LogP contribution >= 0.6 is 0 Å². The number of benzene rings is 1. The first-order chi connectivity index (χ1) is 10.3. The number of carbonyl (C=O) groups is 1. The molecule has 4 nitrogen and oxygen atoms in total. The van der Waals surface area contributed by atoms with Gasteiger partial charge < -0.3 is 4.90 Å². The van der Waals surface area contributed by atoms with Crippen molar-refractivity contribution in [3.63, 3.8) is 0 Å². The summed E-state index contributed by atoms with van der Waals surface area (Å²) >= 11 is 0. The summed E-state index contributed by atoms with van der Waals surface area (Å²) in [6.45, 7) is 2.02. The van der Waals surface area contributed by atoms with Crippen LogP contribution in [0.3, 0.4) is 0 Å². The molecule has 0 bridgehead atoms. The van der Waals surface area contributed by atoms with E-state index in [1.54, 1.807) is 4.68 Å². The SMILES string of the molecule is CC1CN(c2ccc(C(F)(F)F)c(F)c2)C(=O)c2ccnn21. The molecular weight excluding hydrogens is 302 g/mol. The molecule has 1 amide bonds. The van der Waals surface area contributed by atoms with E-state index in [1.807, 2.05) is 6.92 Å². The maximum atomic E-state index is 13.7. The Kier molecular flexibility index (Phi) is 3.19. The van der Waals surface area contributed by atoms with Crippen molar-refractivity contribution < 1.29 is 22.4 Å². The van der Waals surface area contributed by atoms with Gasteiger partial charge in [-0.25, -0.2) is 4.39 Å². The number of halogens is 4. The van der Waals surface area contributed by atoms with Gasteiger partial charge in [-0.1, -0.05) is 0 Å². The van der Waals surface area contributed by atoms with Crippen LogP contribution in [0.4, 0.5) is 23.2 Å². The number of nitrogens with zero attached hydrogens (tertiary/aromatic N) is 3. The molecule has 8 heteroatoms. The number of aromatic nitrogens is 2. The molecule has 0 radical (unpaired) electrons. The molecule has 0 aliphatic carbocycles. The minimum Gasteiger partial charge on any atom is -0.305 e. The van der Waals surface area contributed by atoms with Gasteiger partial charge in [-0.15, -0.1) is 0 Å². The maximum Gasteiger partial charge on any atom is 0.419 e. The smallest absolute Gasteiger partial charge is 0.305 e. The predicted molar refractivity (Wildman–Crippen MR) is 70.0 cm³/mol. The van der Waals surface area contributed by atoms with Crippen LogP contribution in [0.15, 0.2) is 30.5 Å². The van der Waals surface area contributed by atoms with Crippen LogP contribution in [0.25, 0.3) is 0 Å². The number of alkyl halides is 3. The molecule has 1 unspecified atom stereocenters. The van der Waals surface area contributed by atoms with Crippen LogP contribution in [-0.2, 0) is 6.18 Å². The second-order valence-corrected chi connectivity index (χ2v) is 5.09. The molecule has 2 heterocycles. The van der Waals surface area contributed by atoms with Crippen molar-refractivity contribution in [2.24, 2.45) is 0 Å². The molecule has 0 saturated heterocycles. The Morgan fingerprint density at radius 3 is 2.64 bits per heavy atom. The zero-order valence-corrected chi connectivity index (χ0v) is 11.4. The van der Waals surface area contributed by atoms with Crippen LogP contribution in [0.5, 0.6) is 0 Å². The van der Waals surface area contributed by atoms with E-state index < -0.39 is 23.5 Å². The highest BCUT2D eigenvalue weighted by molar-refractivity contribution is 6.05. The summed E-state index contributed by atoms with van der Waals surface area (Å²) in [7, 11) is 0. The summed E-state index contributed by atoms with van der Waals surface area (Å²) in [5, 5.41) is 4.03. The quantitative estimate of drug-likeness (QED) is 0.758. The number of rotatable bonds is 1. The molecule has 22 heavy (non-hydrogen) atoms. The fraction of sp³-hybridized carbons (Fsp3) is 0.286. The van der Waals surface area contributed by atoms with Gasteiger partial charge >= 0.3 is 6.18 Å². The molecule has 1 aromatic carbocycles. The van der Waals surface area contributed by atoms with E-state index in [0.29, 0.717) is 11.8 Å². The molecule has 1 atom stereocenters. The van der Waals surface area contributed by atoms with Gasteiger partial charge in [-0.2, -0.15) is 18.3 Å². The van der Waals surface area contributed by atoms with Crippen molar-refractivity contribution in [1.82, 2.24) is 9.78 Å². The molecule has 1 aliphatic heterocycles. The number of hydrogen-bond donors (Lipinski definition) is 0. The lowest BCUT2D eigenvalue weighted by molar-refractivity contribution is -0.139. The van der Waals surface area contributed by atoms with Crippen LogP contribution in [0.1, 0.15) is 29.0 Å².